The van der Waals surface area contributed by atoms with Gasteiger partial charge >= 0.3 is 21.8 Å². The Hall–Kier alpha value is -0.765. The Balaban J connectivity index is -0.000000279. The summed E-state index contributed by atoms with van der Waals surface area (Å²) < 4.78 is 127. The SMILES string of the molecule is COCCN1CCOCC1.F[B-](F)(F)F.F[B-](F)(F)F.F[B-](F)(F)F. The van der Waals surface area contributed by atoms with E-state index in [1.807, 2.05) is 0 Å². The zero-order valence-electron chi connectivity index (χ0n) is 12.8. The number of rotatable bonds is 3. The van der Waals surface area contributed by atoms with E-state index in [4.69, 9.17) is 9.47 Å². The monoisotopic (exact) mass is 406 g/mol. The molecule has 1 aliphatic heterocycles. The fourth-order valence-corrected chi connectivity index (χ4v) is 1.05. The normalized spacial score (nSPS) is 15.7. The molecule has 0 aromatic carbocycles. The van der Waals surface area contributed by atoms with Gasteiger partial charge in [0.25, 0.3) is 0 Å². The van der Waals surface area contributed by atoms with Gasteiger partial charge in [-0.15, -0.1) is 0 Å². The Morgan fingerprint density at radius 3 is 1.24 bits per heavy atom. The second kappa shape index (κ2) is 14.4. The molecule has 1 saturated heterocycles. The predicted octanol–water partition coefficient (Wildman–Crippen LogP) is 3.87. The van der Waals surface area contributed by atoms with Gasteiger partial charge in [0.05, 0.1) is 19.8 Å². The van der Waals surface area contributed by atoms with Crippen LogP contribution in [0, 0.1) is 0 Å². The van der Waals surface area contributed by atoms with Crippen molar-refractivity contribution in [3.8, 4) is 0 Å². The molecule has 25 heavy (non-hydrogen) atoms. The first-order chi connectivity index (χ1) is 10.9. The molecule has 1 aliphatic rings. The van der Waals surface area contributed by atoms with Crippen LogP contribution in [0.15, 0.2) is 0 Å². The number of halogens is 12. The summed E-state index contributed by atoms with van der Waals surface area (Å²) in [6.07, 6.45) is 0. The van der Waals surface area contributed by atoms with Gasteiger partial charge in [-0.1, -0.05) is 0 Å². The van der Waals surface area contributed by atoms with Gasteiger partial charge in [-0.25, -0.2) is 0 Å². The van der Waals surface area contributed by atoms with Crippen LogP contribution >= 0.6 is 0 Å². The van der Waals surface area contributed by atoms with E-state index in [1.165, 1.54) is 0 Å². The van der Waals surface area contributed by atoms with Gasteiger partial charge < -0.3 is 61.3 Å². The van der Waals surface area contributed by atoms with Crippen LogP contribution in [0.4, 0.5) is 51.8 Å². The molecule has 0 spiro atoms. The largest absolute Gasteiger partial charge is 0.673 e. The lowest BCUT2D eigenvalue weighted by Crippen LogP contribution is -2.38. The van der Waals surface area contributed by atoms with E-state index >= 15 is 0 Å². The molecule has 0 amide bonds. The zero-order chi connectivity index (χ0) is 20.7. The van der Waals surface area contributed by atoms with Crippen molar-refractivity contribution in [2.75, 3.05) is 46.6 Å². The van der Waals surface area contributed by atoms with Crippen molar-refractivity contribution < 1.29 is 61.3 Å². The number of morpholine rings is 1. The van der Waals surface area contributed by atoms with E-state index in [9.17, 15) is 51.8 Å². The van der Waals surface area contributed by atoms with Gasteiger partial charge in [0.1, 0.15) is 0 Å². The second-order valence-corrected chi connectivity index (χ2v) is 3.93. The molecule has 0 radical (unpaired) electrons. The lowest BCUT2D eigenvalue weighted by molar-refractivity contribution is 0.0263. The smallest absolute Gasteiger partial charge is 0.418 e. The third kappa shape index (κ3) is 83.0. The van der Waals surface area contributed by atoms with Crippen molar-refractivity contribution in [1.82, 2.24) is 4.90 Å². The molecule has 1 rings (SSSR count). The van der Waals surface area contributed by atoms with Crippen LogP contribution in [0.3, 0.4) is 0 Å². The minimum atomic E-state index is -6.00. The number of hydrogen-bond donors (Lipinski definition) is 0. The van der Waals surface area contributed by atoms with E-state index in [-0.39, 0.29) is 0 Å². The minimum absolute atomic E-state index is 0.833. The summed E-state index contributed by atoms with van der Waals surface area (Å²) in [6.45, 7) is 5.75. The van der Waals surface area contributed by atoms with E-state index in [2.05, 4.69) is 4.90 Å². The molecule has 0 N–H and O–H groups in total. The molecule has 3 nitrogen and oxygen atoms in total. The van der Waals surface area contributed by atoms with Crippen LogP contribution in [0.1, 0.15) is 0 Å². The fourth-order valence-electron chi connectivity index (χ4n) is 1.05. The van der Waals surface area contributed by atoms with E-state index in [0.717, 1.165) is 39.5 Å². The molecule has 0 saturated carbocycles. The third-order valence-electron chi connectivity index (χ3n) is 1.72. The van der Waals surface area contributed by atoms with Gasteiger partial charge in [-0.3, -0.25) is 4.90 Å². The highest BCUT2D eigenvalue weighted by Gasteiger charge is 2.21. The summed E-state index contributed by atoms with van der Waals surface area (Å²) in [6, 6.07) is 0. The zero-order valence-corrected chi connectivity index (χ0v) is 12.8. The predicted molar refractivity (Wildman–Crippen MR) is 69.7 cm³/mol. The second-order valence-electron chi connectivity index (χ2n) is 3.93. The van der Waals surface area contributed by atoms with E-state index in [1.54, 1.807) is 7.11 Å². The summed E-state index contributed by atoms with van der Waals surface area (Å²) >= 11 is 0. The summed E-state index contributed by atoms with van der Waals surface area (Å²) in [4.78, 5) is 2.35. The first-order valence-corrected chi connectivity index (χ1v) is 6.34. The number of methoxy groups -OCH3 is 1. The number of ether oxygens (including phenoxy) is 2. The highest BCUT2D eigenvalue weighted by atomic mass is 19.5. The molecular formula is C7H15B3F12NO2-3. The van der Waals surface area contributed by atoms with Crippen molar-refractivity contribution in [1.29, 1.82) is 0 Å². The average Bonchev–Trinajstić information content (AvgIpc) is 2.31. The Bertz CT molecular complexity index is 247. The number of nitrogens with zero attached hydrogens (tertiary/aromatic N) is 1. The van der Waals surface area contributed by atoms with Crippen molar-refractivity contribution in [3.63, 3.8) is 0 Å². The molecule has 156 valence electrons. The lowest BCUT2D eigenvalue weighted by Gasteiger charge is -2.25. The van der Waals surface area contributed by atoms with E-state index in [0.29, 0.717) is 0 Å². The fraction of sp³-hybridized carbons (Fsp3) is 1.00. The highest BCUT2D eigenvalue weighted by molar-refractivity contribution is 6.50. The van der Waals surface area contributed by atoms with Crippen LogP contribution < -0.4 is 0 Å². The van der Waals surface area contributed by atoms with Gasteiger partial charge in [-0.05, 0) is 0 Å². The van der Waals surface area contributed by atoms with Gasteiger partial charge in [0.15, 0.2) is 0 Å². The minimum Gasteiger partial charge on any atom is -0.418 e. The maximum absolute atomic E-state index is 9.75. The highest BCUT2D eigenvalue weighted by Crippen LogP contribution is 2.07. The van der Waals surface area contributed by atoms with Crippen LogP contribution in [-0.2, 0) is 9.47 Å². The Kier molecular flexibility index (Phi) is 16.7. The first-order valence-electron chi connectivity index (χ1n) is 6.34. The van der Waals surface area contributed by atoms with Crippen molar-refractivity contribution >= 4 is 21.8 Å². The molecule has 0 atom stereocenters. The number of hydrogen-bond acceptors (Lipinski definition) is 3. The summed E-state index contributed by atoms with van der Waals surface area (Å²) in [5, 5.41) is 0. The molecule has 0 bridgehead atoms. The molecular weight excluding hydrogens is 390 g/mol. The molecule has 18 heteroatoms. The Morgan fingerprint density at radius 2 is 1.00 bits per heavy atom. The van der Waals surface area contributed by atoms with Crippen LogP contribution in [0.25, 0.3) is 0 Å². The lowest BCUT2D eigenvalue weighted by atomic mass is 10.3. The summed E-state index contributed by atoms with van der Waals surface area (Å²) in [5.74, 6) is 0. The molecule has 1 heterocycles. The standard InChI is InChI=1S/C7H15NO2.3BF4/c1-9-5-2-8-3-6-10-7-4-8;3*2-1(3,4)5/h2-7H2,1H3;;;/q;3*-1. The van der Waals surface area contributed by atoms with Gasteiger partial charge in [-0.2, -0.15) is 0 Å². The summed E-state index contributed by atoms with van der Waals surface area (Å²) in [7, 11) is -16.3. The molecule has 1 fully saturated rings. The first kappa shape index (κ1) is 29.0. The van der Waals surface area contributed by atoms with Crippen molar-refractivity contribution in [3.05, 3.63) is 0 Å². The quantitative estimate of drug-likeness (QED) is 0.526. The van der Waals surface area contributed by atoms with Crippen molar-refractivity contribution in [2.45, 2.75) is 0 Å². The van der Waals surface area contributed by atoms with Crippen LogP contribution in [-0.4, -0.2) is 73.2 Å². The molecule has 0 aromatic heterocycles. The molecule has 0 unspecified atom stereocenters. The van der Waals surface area contributed by atoms with Crippen LogP contribution in [0.5, 0.6) is 0 Å². The summed E-state index contributed by atoms with van der Waals surface area (Å²) in [5.41, 5.74) is 0. The van der Waals surface area contributed by atoms with Gasteiger partial charge in [0.2, 0.25) is 0 Å². The molecule has 0 aliphatic carbocycles. The Morgan fingerprint density at radius 1 is 0.720 bits per heavy atom. The topological polar surface area (TPSA) is 21.7 Å². The third-order valence-corrected chi connectivity index (χ3v) is 1.72. The van der Waals surface area contributed by atoms with Crippen molar-refractivity contribution in [2.24, 2.45) is 0 Å². The van der Waals surface area contributed by atoms with E-state index < -0.39 is 21.8 Å². The van der Waals surface area contributed by atoms with Gasteiger partial charge in [0, 0.05) is 26.7 Å². The Labute approximate surface area is 135 Å². The average molecular weight is 406 g/mol. The molecule has 0 aromatic rings. The maximum atomic E-state index is 9.75. The van der Waals surface area contributed by atoms with Crippen LogP contribution in [0.2, 0.25) is 0 Å². The maximum Gasteiger partial charge on any atom is 0.673 e.